The lowest BCUT2D eigenvalue weighted by molar-refractivity contribution is 0.104. The van der Waals surface area contributed by atoms with Gasteiger partial charge in [-0.05, 0) is 20.3 Å². The van der Waals surface area contributed by atoms with E-state index in [1.165, 1.54) is 0 Å². The second-order valence-corrected chi connectivity index (χ2v) is 6.20. The fourth-order valence-corrected chi connectivity index (χ4v) is 1.72. The number of hydrogen-bond donors (Lipinski definition) is 0. The standard InChI is InChI=1S/C9H15Cl5O/c1-5(10)8(13)7(12)3-4-15-9(14)6(2)11/h5-9H,3-4H2,1-2H3. The molecule has 0 bridgehead atoms. The van der Waals surface area contributed by atoms with Crippen molar-refractivity contribution in [1.29, 1.82) is 0 Å². The average molecular weight is 316 g/mol. The molecule has 0 saturated heterocycles. The molecule has 15 heavy (non-hydrogen) atoms. The summed E-state index contributed by atoms with van der Waals surface area (Å²) in [7, 11) is 0. The number of rotatable bonds is 7. The third kappa shape index (κ3) is 7.36. The molecular formula is C9H15Cl5O. The molecule has 0 rings (SSSR count). The van der Waals surface area contributed by atoms with Crippen LogP contribution in [0, 0.1) is 0 Å². The summed E-state index contributed by atoms with van der Waals surface area (Å²) in [6.07, 6.45) is 0.597. The normalized spacial score (nSPS) is 21.8. The lowest BCUT2D eigenvalue weighted by atomic mass is 10.2. The molecule has 0 aliphatic rings. The molecule has 5 unspecified atom stereocenters. The fraction of sp³-hybridized carbons (Fsp3) is 1.00. The number of hydrogen-bond acceptors (Lipinski definition) is 1. The van der Waals surface area contributed by atoms with Crippen molar-refractivity contribution in [3.63, 3.8) is 0 Å². The molecule has 0 fully saturated rings. The van der Waals surface area contributed by atoms with Crippen LogP contribution in [0.15, 0.2) is 0 Å². The van der Waals surface area contributed by atoms with Gasteiger partial charge in [-0.2, -0.15) is 0 Å². The molecular weight excluding hydrogens is 301 g/mol. The molecule has 0 aliphatic carbocycles. The maximum Gasteiger partial charge on any atom is 0.147 e. The quantitative estimate of drug-likeness (QED) is 0.631. The van der Waals surface area contributed by atoms with Crippen LogP contribution in [-0.2, 0) is 4.74 Å². The van der Waals surface area contributed by atoms with Crippen LogP contribution in [0.5, 0.6) is 0 Å². The van der Waals surface area contributed by atoms with E-state index in [4.69, 9.17) is 62.7 Å². The van der Waals surface area contributed by atoms with Crippen LogP contribution in [0.2, 0.25) is 0 Å². The van der Waals surface area contributed by atoms with E-state index in [1.54, 1.807) is 13.8 Å². The van der Waals surface area contributed by atoms with E-state index >= 15 is 0 Å². The first-order valence-corrected chi connectivity index (χ1v) is 6.86. The highest BCUT2D eigenvalue weighted by Crippen LogP contribution is 2.21. The highest BCUT2D eigenvalue weighted by molar-refractivity contribution is 6.34. The Morgan fingerprint density at radius 2 is 1.47 bits per heavy atom. The third-order valence-corrected chi connectivity index (χ3v) is 4.38. The van der Waals surface area contributed by atoms with Gasteiger partial charge in [-0.15, -0.1) is 46.4 Å². The minimum absolute atomic E-state index is 0.173. The van der Waals surface area contributed by atoms with Crippen LogP contribution < -0.4 is 0 Å². The van der Waals surface area contributed by atoms with Crippen molar-refractivity contribution in [2.45, 2.75) is 47.3 Å². The van der Waals surface area contributed by atoms with Gasteiger partial charge in [-0.3, -0.25) is 0 Å². The predicted molar refractivity (Wildman–Crippen MR) is 70.1 cm³/mol. The van der Waals surface area contributed by atoms with Crippen molar-refractivity contribution >= 4 is 58.0 Å². The zero-order valence-corrected chi connectivity index (χ0v) is 12.4. The zero-order valence-electron chi connectivity index (χ0n) is 8.60. The van der Waals surface area contributed by atoms with E-state index in [-0.39, 0.29) is 21.5 Å². The maximum atomic E-state index is 6.02. The van der Waals surface area contributed by atoms with Gasteiger partial charge in [0.05, 0.1) is 22.7 Å². The number of alkyl halides is 5. The Labute approximate surface area is 116 Å². The predicted octanol–water partition coefficient (Wildman–Crippen LogP) is 4.43. The summed E-state index contributed by atoms with van der Waals surface area (Å²) < 4.78 is 5.25. The van der Waals surface area contributed by atoms with E-state index < -0.39 is 5.56 Å². The van der Waals surface area contributed by atoms with Gasteiger partial charge in [-0.25, -0.2) is 0 Å². The van der Waals surface area contributed by atoms with Crippen LogP contribution in [0.1, 0.15) is 20.3 Å². The monoisotopic (exact) mass is 314 g/mol. The SMILES string of the molecule is CC(Cl)C(Cl)OCCC(Cl)C(Cl)C(C)Cl. The molecule has 0 aromatic heterocycles. The summed E-state index contributed by atoms with van der Waals surface area (Å²) in [5.74, 6) is 0. The highest BCUT2D eigenvalue weighted by atomic mass is 35.5. The first-order chi connectivity index (χ1) is 6.86. The highest BCUT2D eigenvalue weighted by Gasteiger charge is 2.22. The average Bonchev–Trinajstić information content (AvgIpc) is 2.15. The van der Waals surface area contributed by atoms with Gasteiger partial charge < -0.3 is 4.74 Å². The Bertz CT molecular complexity index is 165. The van der Waals surface area contributed by atoms with E-state index in [0.717, 1.165) is 0 Å². The van der Waals surface area contributed by atoms with Gasteiger partial charge in [0, 0.05) is 5.38 Å². The summed E-state index contributed by atoms with van der Waals surface area (Å²) in [5, 5.41) is -0.917. The van der Waals surface area contributed by atoms with Gasteiger partial charge in [0.1, 0.15) is 5.56 Å². The zero-order chi connectivity index (χ0) is 12.0. The van der Waals surface area contributed by atoms with Crippen molar-refractivity contribution in [2.24, 2.45) is 0 Å². The maximum absolute atomic E-state index is 6.02. The molecule has 0 saturated carbocycles. The summed E-state index contributed by atoms with van der Waals surface area (Å²) in [6, 6.07) is 0. The Morgan fingerprint density at radius 1 is 0.933 bits per heavy atom. The van der Waals surface area contributed by atoms with Crippen molar-refractivity contribution in [1.82, 2.24) is 0 Å². The fourth-order valence-electron chi connectivity index (χ4n) is 0.873. The van der Waals surface area contributed by atoms with E-state index in [9.17, 15) is 0 Å². The number of ether oxygens (including phenoxy) is 1. The summed E-state index contributed by atoms with van der Waals surface area (Å²) in [6.45, 7) is 4.00. The lowest BCUT2D eigenvalue weighted by Crippen LogP contribution is -2.26. The number of halogens is 5. The first kappa shape index (κ1) is 16.4. The van der Waals surface area contributed by atoms with Gasteiger partial charge in [0.15, 0.2) is 0 Å². The van der Waals surface area contributed by atoms with E-state index in [1.807, 2.05) is 0 Å². The molecule has 5 atom stereocenters. The third-order valence-electron chi connectivity index (χ3n) is 1.82. The smallest absolute Gasteiger partial charge is 0.147 e. The van der Waals surface area contributed by atoms with Crippen LogP contribution in [0.4, 0.5) is 0 Å². The Hall–Kier alpha value is 1.41. The second kappa shape index (κ2) is 8.49. The summed E-state index contributed by atoms with van der Waals surface area (Å²) >= 11 is 29.3. The molecule has 0 aliphatic heterocycles. The first-order valence-electron chi connectivity index (χ1n) is 4.68. The molecule has 0 heterocycles. The Kier molecular flexibility index (Phi) is 9.29. The second-order valence-electron chi connectivity index (χ2n) is 3.33. The van der Waals surface area contributed by atoms with Crippen LogP contribution in [0.3, 0.4) is 0 Å². The van der Waals surface area contributed by atoms with Crippen LogP contribution in [-0.4, -0.2) is 33.7 Å². The molecule has 0 spiro atoms. The summed E-state index contributed by atoms with van der Waals surface area (Å²) in [4.78, 5) is 0. The molecule has 92 valence electrons. The molecule has 0 radical (unpaired) electrons. The molecule has 0 amide bonds. The van der Waals surface area contributed by atoms with Gasteiger partial charge >= 0.3 is 0 Å². The van der Waals surface area contributed by atoms with Gasteiger partial charge in [-0.1, -0.05) is 11.6 Å². The lowest BCUT2D eigenvalue weighted by Gasteiger charge is -2.19. The molecule has 1 nitrogen and oxygen atoms in total. The van der Waals surface area contributed by atoms with E-state index in [2.05, 4.69) is 0 Å². The minimum atomic E-state index is -0.502. The van der Waals surface area contributed by atoms with Crippen molar-refractivity contribution in [3.8, 4) is 0 Å². The molecule has 0 N–H and O–H groups in total. The van der Waals surface area contributed by atoms with Crippen molar-refractivity contribution < 1.29 is 4.74 Å². The molecule has 6 heteroatoms. The van der Waals surface area contributed by atoms with Crippen LogP contribution in [0.25, 0.3) is 0 Å². The van der Waals surface area contributed by atoms with E-state index in [0.29, 0.717) is 13.0 Å². The Morgan fingerprint density at radius 3 is 1.87 bits per heavy atom. The summed E-state index contributed by atoms with van der Waals surface area (Å²) in [5.41, 5.74) is -0.502. The molecule has 0 aromatic carbocycles. The van der Waals surface area contributed by atoms with Crippen LogP contribution >= 0.6 is 58.0 Å². The van der Waals surface area contributed by atoms with Crippen molar-refractivity contribution in [2.75, 3.05) is 6.61 Å². The van der Waals surface area contributed by atoms with Gasteiger partial charge in [0.2, 0.25) is 0 Å². The topological polar surface area (TPSA) is 9.23 Å². The Balaban J connectivity index is 3.67. The minimum Gasteiger partial charge on any atom is -0.361 e. The largest absolute Gasteiger partial charge is 0.361 e. The molecule has 0 aromatic rings. The van der Waals surface area contributed by atoms with Gasteiger partial charge in [0.25, 0.3) is 0 Å². The van der Waals surface area contributed by atoms with Crippen molar-refractivity contribution in [3.05, 3.63) is 0 Å².